The lowest BCUT2D eigenvalue weighted by atomic mass is 9.87. The van der Waals surface area contributed by atoms with Gasteiger partial charge in [-0.3, -0.25) is 0 Å². The highest BCUT2D eigenvalue weighted by molar-refractivity contribution is 4.93. The Kier molecular flexibility index (Phi) is 4.35. The summed E-state index contributed by atoms with van der Waals surface area (Å²) in [5, 5.41) is 3.39. The van der Waals surface area contributed by atoms with Gasteiger partial charge in [-0.15, -0.1) is 0 Å². The normalized spacial score (nSPS) is 22.9. The first-order valence-electron chi connectivity index (χ1n) is 5.73. The number of hydrogen-bond donors (Lipinski definition) is 2. The van der Waals surface area contributed by atoms with Crippen LogP contribution in [0.25, 0.3) is 0 Å². The Labute approximate surface area is 88.0 Å². The summed E-state index contributed by atoms with van der Waals surface area (Å²) in [6, 6.07) is 0. The molecule has 84 valence electrons. The van der Waals surface area contributed by atoms with E-state index in [-0.39, 0.29) is 5.54 Å². The Bertz CT molecular complexity index is 154. The Morgan fingerprint density at radius 2 is 1.93 bits per heavy atom. The van der Waals surface area contributed by atoms with E-state index in [0.717, 1.165) is 12.5 Å². The third-order valence-corrected chi connectivity index (χ3v) is 3.36. The zero-order valence-corrected chi connectivity index (χ0v) is 9.84. The topological polar surface area (TPSA) is 41.3 Å². The summed E-state index contributed by atoms with van der Waals surface area (Å²) in [6.07, 6.45) is 2.37. The van der Waals surface area contributed by atoms with Crippen molar-refractivity contribution in [1.29, 1.82) is 0 Å². The minimum atomic E-state index is 0.216. The fourth-order valence-electron chi connectivity index (χ4n) is 2.24. The minimum absolute atomic E-state index is 0.216. The first-order valence-corrected chi connectivity index (χ1v) is 5.73. The lowest BCUT2D eigenvalue weighted by Gasteiger charge is -2.41. The highest BCUT2D eigenvalue weighted by Crippen LogP contribution is 2.21. The number of likely N-dealkylation sites (tertiary alicyclic amines) is 1. The zero-order chi connectivity index (χ0) is 10.6. The van der Waals surface area contributed by atoms with Crippen molar-refractivity contribution in [1.82, 2.24) is 10.2 Å². The van der Waals surface area contributed by atoms with Crippen molar-refractivity contribution in [2.75, 3.05) is 33.2 Å². The molecule has 0 saturated carbocycles. The first kappa shape index (κ1) is 12.0. The number of hydrogen-bond acceptors (Lipinski definition) is 3. The van der Waals surface area contributed by atoms with Crippen LogP contribution in [-0.2, 0) is 0 Å². The summed E-state index contributed by atoms with van der Waals surface area (Å²) < 4.78 is 0. The van der Waals surface area contributed by atoms with Crippen molar-refractivity contribution >= 4 is 0 Å². The molecule has 1 aliphatic heterocycles. The van der Waals surface area contributed by atoms with Crippen molar-refractivity contribution in [3.8, 4) is 0 Å². The lowest BCUT2D eigenvalue weighted by molar-refractivity contribution is 0.134. The van der Waals surface area contributed by atoms with Gasteiger partial charge >= 0.3 is 0 Å². The van der Waals surface area contributed by atoms with Crippen LogP contribution in [0.3, 0.4) is 0 Å². The van der Waals surface area contributed by atoms with Gasteiger partial charge in [0.25, 0.3) is 0 Å². The molecule has 1 rings (SSSR count). The number of rotatable bonds is 4. The third kappa shape index (κ3) is 2.94. The number of likely N-dealkylation sites (N-methyl/N-ethyl adjacent to an activating group) is 1. The molecular weight excluding hydrogens is 174 g/mol. The summed E-state index contributed by atoms with van der Waals surface area (Å²) in [5.41, 5.74) is 6.03. The van der Waals surface area contributed by atoms with Gasteiger partial charge in [0.1, 0.15) is 0 Å². The highest BCUT2D eigenvalue weighted by Gasteiger charge is 2.31. The van der Waals surface area contributed by atoms with E-state index < -0.39 is 0 Å². The molecule has 3 nitrogen and oxygen atoms in total. The quantitative estimate of drug-likeness (QED) is 0.699. The molecule has 0 spiro atoms. The Morgan fingerprint density at radius 1 is 1.36 bits per heavy atom. The lowest BCUT2D eigenvalue weighted by Crippen LogP contribution is -2.56. The van der Waals surface area contributed by atoms with Gasteiger partial charge in [-0.05, 0) is 38.9 Å². The SMILES string of the molecule is CNC1(CN)CCN(CC(C)C)CC1. The van der Waals surface area contributed by atoms with Crippen LogP contribution in [0.2, 0.25) is 0 Å². The van der Waals surface area contributed by atoms with E-state index in [1.807, 2.05) is 7.05 Å². The molecule has 1 heterocycles. The predicted molar refractivity (Wildman–Crippen MR) is 61.4 cm³/mol. The van der Waals surface area contributed by atoms with Crippen LogP contribution in [0.4, 0.5) is 0 Å². The number of piperidine rings is 1. The summed E-state index contributed by atoms with van der Waals surface area (Å²) in [6.45, 7) is 8.93. The molecule has 0 aromatic heterocycles. The Morgan fingerprint density at radius 3 is 2.29 bits per heavy atom. The van der Waals surface area contributed by atoms with Crippen molar-refractivity contribution in [3.05, 3.63) is 0 Å². The monoisotopic (exact) mass is 199 g/mol. The van der Waals surface area contributed by atoms with Crippen LogP contribution in [0.1, 0.15) is 26.7 Å². The van der Waals surface area contributed by atoms with Crippen molar-refractivity contribution in [3.63, 3.8) is 0 Å². The average molecular weight is 199 g/mol. The Hall–Kier alpha value is -0.120. The maximum Gasteiger partial charge on any atom is 0.0325 e. The molecule has 0 unspecified atom stereocenters. The molecule has 1 fully saturated rings. The summed E-state index contributed by atoms with van der Waals surface area (Å²) >= 11 is 0. The molecule has 0 radical (unpaired) electrons. The van der Waals surface area contributed by atoms with E-state index in [4.69, 9.17) is 5.73 Å². The summed E-state index contributed by atoms with van der Waals surface area (Å²) in [5.74, 6) is 0.773. The number of nitrogens with two attached hydrogens (primary N) is 1. The fraction of sp³-hybridized carbons (Fsp3) is 1.00. The van der Waals surface area contributed by atoms with Crippen molar-refractivity contribution in [2.24, 2.45) is 11.7 Å². The maximum absolute atomic E-state index is 5.81. The van der Waals surface area contributed by atoms with Gasteiger partial charge < -0.3 is 16.0 Å². The van der Waals surface area contributed by atoms with Crippen LogP contribution in [0.5, 0.6) is 0 Å². The average Bonchev–Trinajstić information content (AvgIpc) is 2.19. The maximum atomic E-state index is 5.81. The van der Waals surface area contributed by atoms with E-state index in [2.05, 4.69) is 24.1 Å². The van der Waals surface area contributed by atoms with Crippen LogP contribution in [0.15, 0.2) is 0 Å². The molecule has 1 saturated heterocycles. The molecule has 0 amide bonds. The molecule has 14 heavy (non-hydrogen) atoms. The molecule has 0 aromatic rings. The van der Waals surface area contributed by atoms with Gasteiger partial charge in [0.05, 0.1) is 0 Å². The molecule has 0 atom stereocenters. The highest BCUT2D eigenvalue weighted by atomic mass is 15.2. The van der Waals surface area contributed by atoms with E-state index in [1.54, 1.807) is 0 Å². The molecule has 0 bridgehead atoms. The predicted octanol–water partition coefficient (Wildman–Crippen LogP) is 0.655. The summed E-state index contributed by atoms with van der Waals surface area (Å²) in [4.78, 5) is 2.55. The van der Waals surface area contributed by atoms with Crippen LogP contribution in [-0.4, -0.2) is 43.7 Å². The smallest absolute Gasteiger partial charge is 0.0325 e. The van der Waals surface area contributed by atoms with Gasteiger partial charge in [0.2, 0.25) is 0 Å². The van der Waals surface area contributed by atoms with Gasteiger partial charge in [0, 0.05) is 18.6 Å². The van der Waals surface area contributed by atoms with Gasteiger partial charge in [-0.2, -0.15) is 0 Å². The van der Waals surface area contributed by atoms with E-state index >= 15 is 0 Å². The van der Waals surface area contributed by atoms with Gasteiger partial charge in [0.15, 0.2) is 0 Å². The van der Waals surface area contributed by atoms with E-state index in [0.29, 0.717) is 0 Å². The molecule has 3 heteroatoms. The second-order valence-electron chi connectivity index (χ2n) is 4.93. The van der Waals surface area contributed by atoms with Crippen molar-refractivity contribution in [2.45, 2.75) is 32.2 Å². The standard InChI is InChI=1S/C11H25N3/c1-10(2)8-14-6-4-11(9-12,13-3)5-7-14/h10,13H,4-9,12H2,1-3H3. The van der Waals surface area contributed by atoms with Crippen LogP contribution >= 0.6 is 0 Å². The molecule has 1 aliphatic rings. The Balaban J connectivity index is 2.37. The van der Waals surface area contributed by atoms with Crippen LogP contribution < -0.4 is 11.1 Å². The van der Waals surface area contributed by atoms with E-state index in [1.165, 1.54) is 32.5 Å². The summed E-state index contributed by atoms with van der Waals surface area (Å²) in [7, 11) is 2.03. The number of nitrogens with zero attached hydrogens (tertiary/aromatic N) is 1. The molecule has 0 aliphatic carbocycles. The second kappa shape index (κ2) is 5.10. The van der Waals surface area contributed by atoms with Gasteiger partial charge in [-0.25, -0.2) is 0 Å². The largest absolute Gasteiger partial charge is 0.329 e. The first-order chi connectivity index (χ1) is 6.62. The van der Waals surface area contributed by atoms with Crippen molar-refractivity contribution < 1.29 is 0 Å². The minimum Gasteiger partial charge on any atom is -0.329 e. The molecule has 0 aromatic carbocycles. The fourth-order valence-corrected chi connectivity index (χ4v) is 2.24. The third-order valence-electron chi connectivity index (χ3n) is 3.36. The van der Waals surface area contributed by atoms with Crippen LogP contribution in [0, 0.1) is 5.92 Å². The zero-order valence-electron chi connectivity index (χ0n) is 9.84. The van der Waals surface area contributed by atoms with E-state index in [9.17, 15) is 0 Å². The number of nitrogens with one attached hydrogen (secondary N) is 1. The molecule has 3 N–H and O–H groups in total. The molecular formula is C11H25N3. The second-order valence-corrected chi connectivity index (χ2v) is 4.93. The van der Waals surface area contributed by atoms with Gasteiger partial charge in [-0.1, -0.05) is 13.8 Å².